The van der Waals surface area contributed by atoms with Crippen molar-refractivity contribution >= 4 is 11.0 Å². The number of aromatic amines is 1. The summed E-state index contributed by atoms with van der Waals surface area (Å²) in [7, 11) is 0. The van der Waals surface area contributed by atoms with Gasteiger partial charge in [-0.15, -0.1) is 0 Å². The summed E-state index contributed by atoms with van der Waals surface area (Å²) in [6.45, 7) is 1.87. The first-order valence-corrected chi connectivity index (χ1v) is 6.73. The van der Waals surface area contributed by atoms with E-state index in [0.717, 1.165) is 30.6 Å². The van der Waals surface area contributed by atoms with Crippen LogP contribution in [0.1, 0.15) is 25.7 Å². The summed E-state index contributed by atoms with van der Waals surface area (Å²) in [6.07, 6.45) is 4.96. The van der Waals surface area contributed by atoms with Crippen LogP contribution in [0, 0.1) is 0 Å². The van der Waals surface area contributed by atoms with Crippen molar-refractivity contribution in [3.05, 3.63) is 24.3 Å². The maximum absolute atomic E-state index is 5.69. The van der Waals surface area contributed by atoms with E-state index in [9.17, 15) is 0 Å². The molecule has 1 aliphatic heterocycles. The molecule has 2 heterocycles. The van der Waals surface area contributed by atoms with Crippen molar-refractivity contribution in [2.24, 2.45) is 0 Å². The lowest BCUT2D eigenvalue weighted by atomic mass is 10.0. The number of nitrogens with zero attached hydrogens (tertiary/aromatic N) is 1. The first-order valence-electron chi connectivity index (χ1n) is 6.73. The first-order chi connectivity index (χ1) is 8.92. The molecule has 0 unspecified atom stereocenters. The van der Waals surface area contributed by atoms with Gasteiger partial charge in [0, 0.05) is 6.04 Å². The van der Waals surface area contributed by atoms with Crippen molar-refractivity contribution < 1.29 is 4.74 Å². The second-order valence-electron chi connectivity index (χ2n) is 4.84. The Balaban J connectivity index is 1.53. The minimum atomic E-state index is 0.614. The molecule has 2 N–H and O–H groups in total. The van der Waals surface area contributed by atoms with Crippen LogP contribution in [0.2, 0.25) is 0 Å². The number of hydrogen-bond acceptors (Lipinski definition) is 3. The van der Waals surface area contributed by atoms with E-state index in [4.69, 9.17) is 4.74 Å². The molecule has 0 spiro atoms. The Labute approximate surface area is 107 Å². The lowest BCUT2D eigenvalue weighted by Gasteiger charge is -2.22. The number of benzene rings is 1. The van der Waals surface area contributed by atoms with Crippen LogP contribution in [0.15, 0.2) is 24.3 Å². The first kappa shape index (κ1) is 11.5. The molecule has 1 aromatic heterocycles. The Morgan fingerprint density at radius 1 is 1.28 bits per heavy atom. The molecule has 18 heavy (non-hydrogen) atoms. The quantitative estimate of drug-likeness (QED) is 0.870. The van der Waals surface area contributed by atoms with Gasteiger partial charge in [-0.2, -0.15) is 4.98 Å². The van der Waals surface area contributed by atoms with Gasteiger partial charge in [0.05, 0.1) is 17.6 Å². The molecule has 0 aliphatic carbocycles. The molecule has 96 valence electrons. The highest BCUT2D eigenvalue weighted by atomic mass is 16.5. The lowest BCUT2D eigenvalue weighted by Crippen LogP contribution is -2.35. The number of fused-ring (bicyclic) bond motifs is 1. The second kappa shape index (κ2) is 5.40. The molecule has 1 aromatic carbocycles. The topological polar surface area (TPSA) is 49.9 Å². The minimum absolute atomic E-state index is 0.614. The van der Waals surface area contributed by atoms with E-state index in [0.29, 0.717) is 12.1 Å². The predicted octanol–water partition coefficient (Wildman–Crippen LogP) is 2.47. The normalized spacial score (nSPS) is 20.1. The van der Waals surface area contributed by atoms with Crippen molar-refractivity contribution in [1.29, 1.82) is 0 Å². The van der Waals surface area contributed by atoms with Crippen LogP contribution in [0.25, 0.3) is 11.0 Å². The van der Waals surface area contributed by atoms with Crippen molar-refractivity contribution in [3.63, 3.8) is 0 Å². The zero-order chi connectivity index (χ0) is 12.2. The molecule has 3 rings (SSSR count). The average molecular weight is 245 g/mol. The Morgan fingerprint density at radius 2 is 2.22 bits per heavy atom. The second-order valence-corrected chi connectivity index (χ2v) is 4.84. The molecule has 0 amide bonds. The molecule has 1 saturated heterocycles. The summed E-state index contributed by atoms with van der Waals surface area (Å²) in [5.74, 6) is 0. The molecular weight excluding hydrogens is 226 g/mol. The van der Waals surface area contributed by atoms with Gasteiger partial charge in [-0.3, -0.25) is 0 Å². The molecule has 0 bridgehead atoms. The number of aromatic nitrogens is 2. The lowest BCUT2D eigenvalue weighted by molar-refractivity contribution is 0.255. The third kappa shape index (κ3) is 2.64. The fourth-order valence-corrected chi connectivity index (χ4v) is 2.47. The van der Waals surface area contributed by atoms with Crippen LogP contribution < -0.4 is 10.1 Å². The highest BCUT2D eigenvalue weighted by molar-refractivity contribution is 5.75. The Kier molecular flexibility index (Phi) is 3.46. The van der Waals surface area contributed by atoms with E-state index >= 15 is 0 Å². The van der Waals surface area contributed by atoms with E-state index in [1.54, 1.807) is 0 Å². The van der Waals surface area contributed by atoms with Crippen LogP contribution in [0.3, 0.4) is 0 Å². The highest BCUT2D eigenvalue weighted by Gasteiger charge is 2.12. The summed E-state index contributed by atoms with van der Waals surface area (Å²) in [6, 6.07) is 9.23. The van der Waals surface area contributed by atoms with Gasteiger partial charge in [0.15, 0.2) is 0 Å². The van der Waals surface area contributed by atoms with Crippen LogP contribution >= 0.6 is 0 Å². The number of imidazole rings is 1. The predicted molar refractivity (Wildman–Crippen MR) is 71.8 cm³/mol. The monoisotopic (exact) mass is 245 g/mol. The molecule has 0 radical (unpaired) electrons. The van der Waals surface area contributed by atoms with Crippen molar-refractivity contribution in [1.82, 2.24) is 15.3 Å². The van der Waals surface area contributed by atoms with Gasteiger partial charge in [-0.25, -0.2) is 0 Å². The summed E-state index contributed by atoms with van der Waals surface area (Å²) >= 11 is 0. The zero-order valence-corrected chi connectivity index (χ0v) is 10.5. The van der Waals surface area contributed by atoms with Crippen LogP contribution in [0.5, 0.6) is 6.01 Å². The summed E-state index contributed by atoms with van der Waals surface area (Å²) in [5.41, 5.74) is 1.99. The molecule has 1 fully saturated rings. The van der Waals surface area contributed by atoms with Gasteiger partial charge in [0.2, 0.25) is 0 Å². The van der Waals surface area contributed by atoms with Crippen LogP contribution in [0.4, 0.5) is 0 Å². The number of rotatable bonds is 4. The third-order valence-electron chi connectivity index (χ3n) is 3.49. The summed E-state index contributed by atoms with van der Waals surface area (Å²) in [5, 5.41) is 3.52. The molecular formula is C14H19N3O. The molecule has 1 atom stereocenters. The van der Waals surface area contributed by atoms with Gasteiger partial charge in [-0.1, -0.05) is 18.6 Å². The SMILES string of the molecule is c1ccc2[nH]c(OCC[C@@H]3CCCCN3)nc2c1. The van der Waals surface area contributed by atoms with Crippen LogP contribution in [-0.2, 0) is 0 Å². The van der Waals surface area contributed by atoms with Crippen molar-refractivity contribution in [2.45, 2.75) is 31.7 Å². The molecule has 4 heteroatoms. The number of para-hydroxylation sites is 2. The summed E-state index contributed by atoms with van der Waals surface area (Å²) in [4.78, 5) is 7.58. The third-order valence-corrected chi connectivity index (χ3v) is 3.49. The maximum atomic E-state index is 5.69. The van der Waals surface area contributed by atoms with Crippen molar-refractivity contribution in [2.75, 3.05) is 13.2 Å². The number of H-pyrrole nitrogens is 1. The fraction of sp³-hybridized carbons (Fsp3) is 0.500. The smallest absolute Gasteiger partial charge is 0.294 e. The van der Waals surface area contributed by atoms with E-state index < -0.39 is 0 Å². The Bertz CT molecular complexity index is 469. The maximum Gasteiger partial charge on any atom is 0.294 e. The number of piperidine rings is 1. The van der Waals surface area contributed by atoms with E-state index in [1.165, 1.54) is 19.3 Å². The average Bonchev–Trinajstić information content (AvgIpc) is 2.82. The van der Waals surface area contributed by atoms with Gasteiger partial charge in [0.1, 0.15) is 0 Å². The standard InChI is InChI=1S/C14H19N3O/c1-2-7-13-12(6-1)16-14(17-13)18-10-8-11-5-3-4-9-15-11/h1-2,6-7,11,15H,3-5,8-10H2,(H,16,17)/t11-/m0/s1. The Morgan fingerprint density at radius 3 is 3.06 bits per heavy atom. The zero-order valence-electron chi connectivity index (χ0n) is 10.5. The molecule has 2 aromatic rings. The molecule has 0 saturated carbocycles. The van der Waals surface area contributed by atoms with Gasteiger partial charge >= 0.3 is 0 Å². The highest BCUT2D eigenvalue weighted by Crippen LogP contribution is 2.16. The Hall–Kier alpha value is -1.55. The number of ether oxygens (including phenoxy) is 1. The number of nitrogens with one attached hydrogen (secondary N) is 2. The molecule has 4 nitrogen and oxygen atoms in total. The van der Waals surface area contributed by atoms with E-state index in [-0.39, 0.29) is 0 Å². The summed E-state index contributed by atoms with van der Waals surface area (Å²) < 4.78 is 5.69. The number of hydrogen-bond donors (Lipinski definition) is 2. The largest absolute Gasteiger partial charge is 0.465 e. The van der Waals surface area contributed by atoms with Gasteiger partial charge in [0.25, 0.3) is 6.01 Å². The molecule has 1 aliphatic rings. The van der Waals surface area contributed by atoms with Crippen molar-refractivity contribution in [3.8, 4) is 6.01 Å². The minimum Gasteiger partial charge on any atom is -0.465 e. The van der Waals surface area contributed by atoms with Gasteiger partial charge < -0.3 is 15.0 Å². The van der Waals surface area contributed by atoms with E-state index in [1.807, 2.05) is 24.3 Å². The van der Waals surface area contributed by atoms with Crippen LogP contribution in [-0.4, -0.2) is 29.2 Å². The van der Waals surface area contributed by atoms with E-state index in [2.05, 4.69) is 15.3 Å². The fourth-order valence-electron chi connectivity index (χ4n) is 2.47. The van der Waals surface area contributed by atoms with Gasteiger partial charge in [-0.05, 0) is 37.9 Å².